The fourth-order valence-corrected chi connectivity index (χ4v) is 2.66. The molecule has 0 aliphatic heterocycles. The molecule has 0 aromatic heterocycles. The molecule has 0 amide bonds. The van der Waals surface area contributed by atoms with Gasteiger partial charge in [-0.25, -0.2) is 0 Å². The van der Waals surface area contributed by atoms with Crippen molar-refractivity contribution in [2.75, 3.05) is 0 Å². The van der Waals surface area contributed by atoms with Crippen LogP contribution in [-0.4, -0.2) is 23.3 Å². The molecule has 1 saturated carbocycles. The Morgan fingerprint density at radius 1 is 1.50 bits per heavy atom. The average molecular weight is 194 g/mol. The van der Waals surface area contributed by atoms with Crippen molar-refractivity contribution in [2.45, 2.75) is 38.7 Å². The molecule has 0 spiro atoms. The summed E-state index contributed by atoms with van der Waals surface area (Å²) in [7, 11) is 0. The predicted octanol–water partition coefficient (Wildman–Crippen LogP) is 1.01. The van der Waals surface area contributed by atoms with E-state index in [4.69, 9.17) is 0 Å². The van der Waals surface area contributed by atoms with Crippen LogP contribution in [-0.2, 0) is 9.59 Å². The van der Waals surface area contributed by atoms with E-state index < -0.39 is 0 Å². The number of Topliss-reactive ketones (excluding diaryl/α,β-unsaturated/α-hetero) is 1. The Morgan fingerprint density at radius 3 is 2.86 bits per heavy atom. The van der Waals surface area contributed by atoms with E-state index in [9.17, 15) is 14.7 Å². The van der Waals surface area contributed by atoms with Gasteiger partial charge < -0.3 is 5.11 Å². The van der Waals surface area contributed by atoms with Crippen molar-refractivity contribution in [2.24, 2.45) is 5.41 Å². The fourth-order valence-electron chi connectivity index (χ4n) is 2.66. The quantitative estimate of drug-likeness (QED) is 0.500. The third kappa shape index (κ3) is 1.08. The van der Waals surface area contributed by atoms with Crippen molar-refractivity contribution >= 4 is 12.1 Å². The summed E-state index contributed by atoms with van der Waals surface area (Å²) in [6.45, 7) is 1.95. The molecular weight excluding hydrogens is 180 g/mol. The normalized spacial score (nSPS) is 37.3. The smallest absolute Gasteiger partial charge is 0.166 e. The van der Waals surface area contributed by atoms with Gasteiger partial charge in [0, 0.05) is 11.8 Å². The van der Waals surface area contributed by atoms with Gasteiger partial charge in [0.05, 0.1) is 11.7 Å². The Balaban J connectivity index is 2.53. The molecule has 0 aromatic carbocycles. The second kappa shape index (κ2) is 3.02. The van der Waals surface area contributed by atoms with Crippen molar-refractivity contribution in [1.29, 1.82) is 0 Å². The van der Waals surface area contributed by atoms with E-state index in [1.54, 1.807) is 0 Å². The summed E-state index contributed by atoms with van der Waals surface area (Å²) in [6.07, 6.45) is 2.71. The summed E-state index contributed by atoms with van der Waals surface area (Å²) in [4.78, 5) is 22.2. The van der Waals surface area contributed by atoms with Crippen LogP contribution in [0.2, 0.25) is 0 Å². The van der Waals surface area contributed by atoms with Crippen molar-refractivity contribution < 1.29 is 14.7 Å². The van der Waals surface area contributed by atoms with Gasteiger partial charge in [-0.05, 0) is 24.8 Å². The monoisotopic (exact) mass is 194 g/mol. The molecule has 2 atom stereocenters. The van der Waals surface area contributed by atoms with Crippen LogP contribution < -0.4 is 0 Å². The lowest BCUT2D eigenvalue weighted by Gasteiger charge is -2.33. The highest BCUT2D eigenvalue weighted by atomic mass is 16.3. The summed E-state index contributed by atoms with van der Waals surface area (Å²) >= 11 is 0. The molecule has 0 bridgehead atoms. The zero-order valence-electron chi connectivity index (χ0n) is 8.25. The van der Waals surface area contributed by atoms with Crippen molar-refractivity contribution in [3.8, 4) is 0 Å². The van der Waals surface area contributed by atoms with Crippen LogP contribution in [0.15, 0.2) is 11.1 Å². The number of carbonyl (C=O) groups is 2. The molecule has 3 heteroatoms. The first-order valence-electron chi connectivity index (χ1n) is 4.99. The molecule has 2 rings (SSSR count). The van der Waals surface area contributed by atoms with Crippen molar-refractivity contribution in [3.05, 3.63) is 11.1 Å². The van der Waals surface area contributed by atoms with Gasteiger partial charge in [0.2, 0.25) is 0 Å². The maximum absolute atomic E-state index is 11.4. The molecule has 2 unspecified atom stereocenters. The summed E-state index contributed by atoms with van der Waals surface area (Å²) < 4.78 is 0. The number of aliphatic hydroxyl groups excluding tert-OH is 1. The Hall–Kier alpha value is -0.960. The van der Waals surface area contributed by atoms with Gasteiger partial charge in [-0.3, -0.25) is 9.59 Å². The molecular formula is C11H14O3. The summed E-state index contributed by atoms with van der Waals surface area (Å²) in [5, 5.41) is 9.82. The zero-order chi connectivity index (χ0) is 10.3. The van der Waals surface area contributed by atoms with E-state index in [1.165, 1.54) is 0 Å². The second-order valence-electron chi connectivity index (χ2n) is 4.41. The van der Waals surface area contributed by atoms with Crippen LogP contribution in [0.25, 0.3) is 0 Å². The number of hydrogen-bond acceptors (Lipinski definition) is 3. The maximum Gasteiger partial charge on any atom is 0.166 e. The number of hydrogen-bond donors (Lipinski definition) is 1. The first kappa shape index (κ1) is 9.59. The van der Waals surface area contributed by atoms with Crippen molar-refractivity contribution in [3.63, 3.8) is 0 Å². The van der Waals surface area contributed by atoms with Crippen LogP contribution in [0.1, 0.15) is 32.6 Å². The molecule has 2 aliphatic rings. The minimum absolute atomic E-state index is 0.0541. The topological polar surface area (TPSA) is 54.4 Å². The summed E-state index contributed by atoms with van der Waals surface area (Å²) in [5.41, 5.74) is 0.899. The number of ketones is 1. The number of aldehydes is 1. The molecule has 1 fully saturated rings. The van der Waals surface area contributed by atoms with E-state index in [1.807, 2.05) is 6.92 Å². The second-order valence-corrected chi connectivity index (χ2v) is 4.41. The standard InChI is InChI=1S/C11H14O3/c1-11-5-4-9(13)7(6-12)8(11)2-3-10(11)14/h6,10,14H,2-5H2,1H3. The lowest BCUT2D eigenvalue weighted by atomic mass is 9.71. The third-order valence-electron chi connectivity index (χ3n) is 3.71. The highest BCUT2D eigenvalue weighted by molar-refractivity contribution is 6.13. The fraction of sp³-hybridized carbons (Fsp3) is 0.636. The van der Waals surface area contributed by atoms with Crippen LogP contribution >= 0.6 is 0 Å². The molecule has 14 heavy (non-hydrogen) atoms. The van der Waals surface area contributed by atoms with E-state index in [0.717, 1.165) is 5.57 Å². The number of carbonyl (C=O) groups excluding carboxylic acids is 2. The Bertz CT molecular complexity index is 329. The minimum atomic E-state index is -0.388. The van der Waals surface area contributed by atoms with Crippen molar-refractivity contribution in [1.82, 2.24) is 0 Å². The van der Waals surface area contributed by atoms with E-state index >= 15 is 0 Å². The molecule has 2 aliphatic carbocycles. The average Bonchev–Trinajstić information content (AvgIpc) is 2.45. The highest BCUT2D eigenvalue weighted by Gasteiger charge is 2.46. The van der Waals surface area contributed by atoms with Crippen LogP contribution in [0.5, 0.6) is 0 Å². The maximum atomic E-state index is 11.4. The van der Waals surface area contributed by atoms with E-state index in [-0.39, 0.29) is 17.3 Å². The Labute approximate surface area is 82.8 Å². The molecule has 0 heterocycles. The number of aliphatic hydroxyl groups is 1. The molecule has 0 aromatic rings. The number of rotatable bonds is 1. The third-order valence-corrected chi connectivity index (χ3v) is 3.71. The first-order valence-corrected chi connectivity index (χ1v) is 4.99. The van der Waals surface area contributed by atoms with E-state index in [2.05, 4.69) is 0 Å². The molecule has 1 N–H and O–H groups in total. The van der Waals surface area contributed by atoms with Gasteiger partial charge >= 0.3 is 0 Å². The minimum Gasteiger partial charge on any atom is -0.392 e. The van der Waals surface area contributed by atoms with Gasteiger partial charge in [0.25, 0.3) is 0 Å². The lowest BCUT2D eigenvalue weighted by Crippen LogP contribution is -2.33. The van der Waals surface area contributed by atoms with Gasteiger partial charge in [0.15, 0.2) is 12.1 Å². The molecule has 3 nitrogen and oxygen atoms in total. The summed E-state index contributed by atoms with van der Waals surface area (Å²) in [6, 6.07) is 0. The van der Waals surface area contributed by atoms with Gasteiger partial charge in [-0.15, -0.1) is 0 Å². The Morgan fingerprint density at radius 2 is 2.21 bits per heavy atom. The first-order chi connectivity index (χ1) is 6.59. The van der Waals surface area contributed by atoms with E-state index in [0.29, 0.717) is 37.5 Å². The highest BCUT2D eigenvalue weighted by Crippen LogP contribution is 2.50. The van der Waals surface area contributed by atoms with Gasteiger partial charge in [0.1, 0.15) is 0 Å². The molecule has 0 saturated heterocycles. The predicted molar refractivity (Wildman–Crippen MR) is 50.7 cm³/mol. The van der Waals surface area contributed by atoms with Crippen LogP contribution in [0.4, 0.5) is 0 Å². The number of fused-ring (bicyclic) bond motifs is 1. The molecule has 76 valence electrons. The lowest BCUT2D eigenvalue weighted by molar-refractivity contribution is -0.119. The SMILES string of the molecule is CC12CCC(=O)C(C=O)=C1CCC2O. The Kier molecular flexibility index (Phi) is 2.07. The van der Waals surface area contributed by atoms with Crippen LogP contribution in [0.3, 0.4) is 0 Å². The summed E-state index contributed by atoms with van der Waals surface area (Å²) in [5.74, 6) is -0.0541. The zero-order valence-corrected chi connectivity index (χ0v) is 8.25. The van der Waals surface area contributed by atoms with Gasteiger partial charge in [-0.2, -0.15) is 0 Å². The van der Waals surface area contributed by atoms with Crippen LogP contribution in [0, 0.1) is 5.41 Å². The number of allylic oxidation sites excluding steroid dienone is 1. The van der Waals surface area contributed by atoms with Gasteiger partial charge in [-0.1, -0.05) is 6.92 Å². The molecule has 0 radical (unpaired) electrons. The largest absolute Gasteiger partial charge is 0.392 e.